The van der Waals surface area contributed by atoms with Gasteiger partial charge in [0.25, 0.3) is 0 Å². The second kappa shape index (κ2) is 7.68. The molecule has 0 heterocycles. The zero-order valence-electron chi connectivity index (χ0n) is 11.6. The van der Waals surface area contributed by atoms with Gasteiger partial charge in [0.2, 0.25) is 0 Å². The maximum Gasteiger partial charge on any atom is 0.0438 e. The second-order valence-electron chi connectivity index (χ2n) is 4.85. The smallest absolute Gasteiger partial charge is 0.0438 e. The van der Waals surface area contributed by atoms with Gasteiger partial charge in [0, 0.05) is 16.1 Å². The maximum absolute atomic E-state index is 6.27. The molecule has 2 rings (SSSR count). The van der Waals surface area contributed by atoms with Crippen molar-refractivity contribution in [2.75, 3.05) is 6.54 Å². The van der Waals surface area contributed by atoms with E-state index in [1.54, 1.807) is 0 Å². The molecule has 2 aromatic carbocycles. The lowest BCUT2D eigenvalue weighted by atomic mass is 9.98. The molecule has 106 valence electrons. The van der Waals surface area contributed by atoms with Gasteiger partial charge in [0.1, 0.15) is 0 Å². The Morgan fingerprint density at radius 1 is 1.00 bits per heavy atom. The highest BCUT2D eigenvalue weighted by Crippen LogP contribution is 2.24. The van der Waals surface area contributed by atoms with Crippen LogP contribution < -0.4 is 5.32 Å². The number of hydrogen-bond donors (Lipinski definition) is 1. The predicted molar refractivity (Wildman–Crippen MR) is 87.6 cm³/mol. The summed E-state index contributed by atoms with van der Waals surface area (Å²) in [4.78, 5) is 0. The van der Waals surface area contributed by atoms with Gasteiger partial charge in [-0.05, 0) is 48.7 Å². The molecule has 0 saturated heterocycles. The zero-order chi connectivity index (χ0) is 14.4. The number of nitrogens with one attached hydrogen (secondary N) is 1. The molecule has 1 atom stereocenters. The highest BCUT2D eigenvalue weighted by atomic mass is 35.5. The second-order valence-corrected chi connectivity index (χ2v) is 5.70. The van der Waals surface area contributed by atoms with Crippen LogP contribution in [0, 0.1) is 0 Å². The molecule has 3 heteroatoms. The van der Waals surface area contributed by atoms with Gasteiger partial charge >= 0.3 is 0 Å². The standard InChI is InChI=1S/C17H19Cl2N/c1-2-11-20-17(13-7-9-15(18)10-8-13)12-14-5-3-4-6-16(14)19/h3-10,17,20H,2,11-12H2,1H3. The Kier molecular flexibility index (Phi) is 5.90. The van der Waals surface area contributed by atoms with Gasteiger partial charge in [-0.25, -0.2) is 0 Å². The number of hydrogen-bond acceptors (Lipinski definition) is 1. The molecule has 0 amide bonds. The lowest BCUT2D eigenvalue weighted by Gasteiger charge is -2.20. The van der Waals surface area contributed by atoms with Crippen molar-refractivity contribution in [1.29, 1.82) is 0 Å². The van der Waals surface area contributed by atoms with Crippen LogP contribution in [0.1, 0.15) is 30.5 Å². The molecule has 0 aliphatic rings. The van der Waals surface area contributed by atoms with E-state index in [0.29, 0.717) is 0 Å². The Morgan fingerprint density at radius 2 is 1.70 bits per heavy atom. The molecule has 2 aromatic rings. The fourth-order valence-corrected chi connectivity index (χ4v) is 2.54. The first kappa shape index (κ1) is 15.4. The first-order chi connectivity index (χ1) is 9.70. The summed E-state index contributed by atoms with van der Waals surface area (Å²) in [5.74, 6) is 0. The van der Waals surface area contributed by atoms with Crippen LogP contribution in [-0.4, -0.2) is 6.54 Å². The molecule has 0 fully saturated rings. The monoisotopic (exact) mass is 307 g/mol. The zero-order valence-corrected chi connectivity index (χ0v) is 13.1. The normalized spacial score (nSPS) is 12.3. The van der Waals surface area contributed by atoms with Crippen molar-refractivity contribution >= 4 is 23.2 Å². The van der Waals surface area contributed by atoms with Crippen molar-refractivity contribution < 1.29 is 0 Å². The van der Waals surface area contributed by atoms with E-state index in [2.05, 4.69) is 30.4 Å². The summed E-state index contributed by atoms with van der Waals surface area (Å²) < 4.78 is 0. The van der Waals surface area contributed by atoms with Crippen LogP contribution in [0.15, 0.2) is 48.5 Å². The summed E-state index contributed by atoms with van der Waals surface area (Å²) in [5.41, 5.74) is 2.40. The predicted octanol–water partition coefficient (Wildman–Crippen LogP) is 5.28. The minimum absolute atomic E-state index is 0.257. The minimum Gasteiger partial charge on any atom is -0.310 e. The summed E-state index contributed by atoms with van der Waals surface area (Å²) in [5, 5.41) is 5.17. The van der Waals surface area contributed by atoms with Crippen molar-refractivity contribution in [2.45, 2.75) is 25.8 Å². The Labute approximate surface area is 130 Å². The third-order valence-corrected chi connectivity index (χ3v) is 3.92. The fraction of sp³-hybridized carbons (Fsp3) is 0.294. The SMILES string of the molecule is CCCNC(Cc1ccccc1Cl)c1ccc(Cl)cc1. The summed E-state index contributed by atoms with van der Waals surface area (Å²) in [6.45, 7) is 3.15. The maximum atomic E-state index is 6.27. The van der Waals surface area contributed by atoms with Crippen LogP contribution in [0.3, 0.4) is 0 Å². The Bertz CT molecular complexity index is 537. The van der Waals surface area contributed by atoms with Crippen LogP contribution in [-0.2, 0) is 6.42 Å². The minimum atomic E-state index is 0.257. The summed E-state index contributed by atoms with van der Waals surface area (Å²) in [6, 6.07) is 16.3. The van der Waals surface area contributed by atoms with E-state index >= 15 is 0 Å². The average Bonchev–Trinajstić information content (AvgIpc) is 2.46. The molecule has 1 unspecified atom stereocenters. The van der Waals surface area contributed by atoms with E-state index < -0.39 is 0 Å². The van der Waals surface area contributed by atoms with Crippen LogP contribution in [0.25, 0.3) is 0 Å². The van der Waals surface area contributed by atoms with Gasteiger partial charge in [-0.2, -0.15) is 0 Å². The Hall–Kier alpha value is -1.02. The Balaban J connectivity index is 2.19. The summed E-state index contributed by atoms with van der Waals surface area (Å²) in [6.07, 6.45) is 1.98. The van der Waals surface area contributed by atoms with E-state index in [1.165, 1.54) is 5.56 Å². The van der Waals surface area contributed by atoms with Crippen LogP contribution in [0.4, 0.5) is 0 Å². The van der Waals surface area contributed by atoms with Gasteiger partial charge in [-0.3, -0.25) is 0 Å². The largest absolute Gasteiger partial charge is 0.310 e. The van der Waals surface area contributed by atoms with Gasteiger partial charge in [0.05, 0.1) is 0 Å². The molecule has 1 N–H and O–H groups in total. The Morgan fingerprint density at radius 3 is 2.35 bits per heavy atom. The van der Waals surface area contributed by atoms with Gasteiger partial charge in [-0.15, -0.1) is 0 Å². The van der Waals surface area contributed by atoms with Crippen molar-refractivity contribution in [3.05, 3.63) is 69.7 Å². The van der Waals surface area contributed by atoms with Gasteiger partial charge < -0.3 is 5.32 Å². The van der Waals surface area contributed by atoms with Gasteiger partial charge in [-0.1, -0.05) is 60.5 Å². The number of halogens is 2. The van der Waals surface area contributed by atoms with Crippen molar-refractivity contribution in [1.82, 2.24) is 5.32 Å². The first-order valence-electron chi connectivity index (χ1n) is 6.93. The lowest BCUT2D eigenvalue weighted by Crippen LogP contribution is -2.24. The van der Waals surface area contributed by atoms with Crippen molar-refractivity contribution in [2.24, 2.45) is 0 Å². The van der Waals surface area contributed by atoms with E-state index in [-0.39, 0.29) is 6.04 Å². The molecule has 0 aliphatic heterocycles. The molecule has 0 radical (unpaired) electrons. The third-order valence-electron chi connectivity index (χ3n) is 3.29. The quantitative estimate of drug-likeness (QED) is 0.766. The molecule has 0 aromatic heterocycles. The molecule has 0 saturated carbocycles. The van der Waals surface area contributed by atoms with Crippen LogP contribution in [0.2, 0.25) is 10.0 Å². The number of benzene rings is 2. The summed E-state index contributed by atoms with van der Waals surface area (Å²) >= 11 is 12.2. The fourth-order valence-electron chi connectivity index (χ4n) is 2.21. The molecule has 20 heavy (non-hydrogen) atoms. The number of rotatable bonds is 6. The molecule has 0 spiro atoms. The van der Waals surface area contributed by atoms with E-state index in [4.69, 9.17) is 23.2 Å². The first-order valence-corrected chi connectivity index (χ1v) is 7.68. The molecule has 0 bridgehead atoms. The third kappa shape index (κ3) is 4.24. The molecule has 0 aliphatic carbocycles. The van der Waals surface area contributed by atoms with E-state index in [9.17, 15) is 0 Å². The van der Waals surface area contributed by atoms with E-state index in [1.807, 2.05) is 30.3 Å². The van der Waals surface area contributed by atoms with Crippen molar-refractivity contribution in [3.63, 3.8) is 0 Å². The molecular weight excluding hydrogens is 289 g/mol. The topological polar surface area (TPSA) is 12.0 Å². The van der Waals surface area contributed by atoms with Crippen molar-refractivity contribution in [3.8, 4) is 0 Å². The lowest BCUT2D eigenvalue weighted by molar-refractivity contribution is 0.529. The summed E-state index contributed by atoms with van der Waals surface area (Å²) in [7, 11) is 0. The van der Waals surface area contributed by atoms with Crippen LogP contribution in [0.5, 0.6) is 0 Å². The van der Waals surface area contributed by atoms with Gasteiger partial charge in [0.15, 0.2) is 0 Å². The highest BCUT2D eigenvalue weighted by Gasteiger charge is 2.13. The molecular formula is C17H19Cl2N. The average molecular weight is 308 g/mol. The van der Waals surface area contributed by atoms with E-state index in [0.717, 1.165) is 35.0 Å². The molecule has 1 nitrogen and oxygen atoms in total. The highest BCUT2D eigenvalue weighted by molar-refractivity contribution is 6.31. The van der Waals surface area contributed by atoms with Crippen LogP contribution >= 0.6 is 23.2 Å².